The lowest BCUT2D eigenvalue weighted by Crippen LogP contribution is -2.52. The lowest BCUT2D eigenvalue weighted by atomic mass is 10.1. The molecule has 0 aliphatic carbocycles. The standard InChI is InChI=1S/C26H35Cl2N3O5S/c1-6-24(26(33)29-15-18(3)4)30(16-19-8-9-20(27)14-23(19)28)25(32)17-31(37(5,34)35)21-10-12-22(13-11-21)36-7-2/h8-14,18,24H,6-7,15-17H2,1-5H3,(H,29,33). The van der Waals surface area contributed by atoms with Crippen molar-refractivity contribution in [3.8, 4) is 5.75 Å². The highest BCUT2D eigenvalue weighted by molar-refractivity contribution is 7.92. The third-order valence-electron chi connectivity index (χ3n) is 5.54. The van der Waals surface area contributed by atoms with E-state index in [1.807, 2.05) is 20.8 Å². The fraction of sp³-hybridized carbons (Fsp3) is 0.462. The minimum Gasteiger partial charge on any atom is -0.494 e. The molecular weight excluding hydrogens is 537 g/mol. The van der Waals surface area contributed by atoms with Gasteiger partial charge in [-0.1, -0.05) is 50.0 Å². The Bertz CT molecular complexity index is 1170. The van der Waals surface area contributed by atoms with E-state index < -0.39 is 28.5 Å². The molecule has 204 valence electrons. The Morgan fingerprint density at radius 1 is 1.05 bits per heavy atom. The van der Waals surface area contributed by atoms with Gasteiger partial charge in [-0.2, -0.15) is 0 Å². The van der Waals surface area contributed by atoms with E-state index in [4.69, 9.17) is 27.9 Å². The smallest absolute Gasteiger partial charge is 0.244 e. The Labute approximate surface area is 229 Å². The van der Waals surface area contributed by atoms with Gasteiger partial charge >= 0.3 is 0 Å². The Hall–Kier alpha value is -2.49. The summed E-state index contributed by atoms with van der Waals surface area (Å²) in [6, 6.07) is 10.5. The molecule has 1 N–H and O–H groups in total. The highest BCUT2D eigenvalue weighted by Gasteiger charge is 2.32. The molecule has 0 radical (unpaired) electrons. The van der Waals surface area contributed by atoms with E-state index in [0.29, 0.717) is 46.6 Å². The first kappa shape index (κ1) is 30.7. The predicted octanol–water partition coefficient (Wildman–Crippen LogP) is 4.74. The minimum absolute atomic E-state index is 0.00329. The number of amides is 2. The Balaban J connectivity index is 2.44. The topological polar surface area (TPSA) is 96.0 Å². The number of hydrogen-bond donors (Lipinski definition) is 1. The minimum atomic E-state index is -3.83. The molecule has 2 aromatic rings. The van der Waals surface area contributed by atoms with E-state index in [2.05, 4.69) is 5.32 Å². The van der Waals surface area contributed by atoms with Crippen molar-refractivity contribution in [3.05, 3.63) is 58.1 Å². The number of hydrogen-bond acceptors (Lipinski definition) is 5. The molecule has 0 aromatic heterocycles. The predicted molar refractivity (Wildman–Crippen MR) is 149 cm³/mol. The summed E-state index contributed by atoms with van der Waals surface area (Å²) in [5.41, 5.74) is 0.891. The van der Waals surface area contributed by atoms with Gasteiger partial charge in [-0.05, 0) is 61.2 Å². The van der Waals surface area contributed by atoms with Crippen molar-refractivity contribution in [2.75, 3.05) is 30.3 Å². The lowest BCUT2D eigenvalue weighted by molar-refractivity contribution is -0.140. The number of nitrogens with one attached hydrogen (secondary N) is 1. The zero-order chi connectivity index (χ0) is 27.8. The maximum absolute atomic E-state index is 13.7. The molecule has 0 spiro atoms. The van der Waals surface area contributed by atoms with E-state index in [1.165, 1.54) is 4.90 Å². The maximum atomic E-state index is 13.7. The second-order valence-corrected chi connectivity index (χ2v) is 11.8. The summed E-state index contributed by atoms with van der Waals surface area (Å²) in [7, 11) is -3.83. The van der Waals surface area contributed by atoms with Gasteiger partial charge in [-0.15, -0.1) is 0 Å². The van der Waals surface area contributed by atoms with Crippen molar-refractivity contribution in [2.24, 2.45) is 5.92 Å². The van der Waals surface area contributed by atoms with Gasteiger partial charge in [0.25, 0.3) is 0 Å². The van der Waals surface area contributed by atoms with Gasteiger partial charge in [-0.3, -0.25) is 13.9 Å². The monoisotopic (exact) mass is 571 g/mol. The van der Waals surface area contributed by atoms with E-state index in [-0.39, 0.29) is 18.4 Å². The highest BCUT2D eigenvalue weighted by atomic mass is 35.5. The summed E-state index contributed by atoms with van der Waals surface area (Å²) in [5, 5.41) is 3.66. The van der Waals surface area contributed by atoms with Crippen LogP contribution in [0.1, 0.15) is 39.7 Å². The number of sulfonamides is 1. The molecule has 0 fully saturated rings. The molecule has 8 nitrogen and oxygen atoms in total. The van der Waals surface area contributed by atoms with Gasteiger partial charge < -0.3 is 15.0 Å². The molecule has 1 unspecified atom stereocenters. The zero-order valence-corrected chi connectivity index (χ0v) is 24.2. The van der Waals surface area contributed by atoms with Gasteiger partial charge in [0.15, 0.2) is 0 Å². The molecule has 37 heavy (non-hydrogen) atoms. The average molecular weight is 573 g/mol. The highest BCUT2D eigenvalue weighted by Crippen LogP contribution is 2.25. The molecule has 2 amide bonds. The summed E-state index contributed by atoms with van der Waals surface area (Å²) in [6.07, 6.45) is 1.35. The first-order valence-electron chi connectivity index (χ1n) is 12.1. The number of halogens is 2. The molecule has 0 saturated carbocycles. The van der Waals surface area contributed by atoms with Gasteiger partial charge in [0.05, 0.1) is 18.6 Å². The van der Waals surface area contributed by atoms with Gasteiger partial charge in [0.1, 0.15) is 18.3 Å². The van der Waals surface area contributed by atoms with Crippen molar-refractivity contribution in [1.29, 1.82) is 0 Å². The summed E-state index contributed by atoms with van der Waals surface area (Å²) in [5.74, 6) is -0.0620. The SMILES string of the molecule is CCOc1ccc(N(CC(=O)N(Cc2ccc(Cl)cc2Cl)C(CC)C(=O)NCC(C)C)S(C)(=O)=O)cc1. The number of carbonyl (C=O) groups excluding carboxylic acids is 2. The Kier molecular flexibility index (Phi) is 11.5. The van der Waals surface area contributed by atoms with Crippen molar-refractivity contribution >= 4 is 50.7 Å². The van der Waals surface area contributed by atoms with Gasteiger partial charge in [-0.25, -0.2) is 8.42 Å². The number of rotatable bonds is 13. The number of anilines is 1. The van der Waals surface area contributed by atoms with E-state index in [1.54, 1.807) is 49.4 Å². The van der Waals surface area contributed by atoms with Crippen molar-refractivity contribution in [2.45, 2.75) is 46.7 Å². The second-order valence-electron chi connectivity index (χ2n) is 9.02. The van der Waals surface area contributed by atoms with E-state index >= 15 is 0 Å². The number of carbonyl (C=O) groups is 2. The van der Waals surface area contributed by atoms with Crippen LogP contribution in [0.15, 0.2) is 42.5 Å². The molecule has 1 atom stereocenters. The first-order chi connectivity index (χ1) is 17.4. The van der Waals surface area contributed by atoms with Crippen LogP contribution in [-0.2, 0) is 26.2 Å². The number of benzene rings is 2. The van der Waals surface area contributed by atoms with Crippen LogP contribution >= 0.6 is 23.2 Å². The zero-order valence-electron chi connectivity index (χ0n) is 21.8. The fourth-order valence-electron chi connectivity index (χ4n) is 3.66. The third-order valence-corrected chi connectivity index (χ3v) is 7.27. The van der Waals surface area contributed by atoms with Crippen LogP contribution < -0.4 is 14.4 Å². The summed E-state index contributed by atoms with van der Waals surface area (Å²) < 4.78 is 31.9. The average Bonchev–Trinajstić information content (AvgIpc) is 2.82. The molecule has 2 aromatic carbocycles. The molecule has 11 heteroatoms. The van der Waals surface area contributed by atoms with Crippen molar-refractivity contribution < 1.29 is 22.7 Å². The second kappa shape index (κ2) is 13.9. The number of ether oxygens (including phenoxy) is 1. The molecule has 0 aliphatic rings. The van der Waals surface area contributed by atoms with Crippen LogP contribution in [-0.4, -0.2) is 57.1 Å². The maximum Gasteiger partial charge on any atom is 0.244 e. The quantitative estimate of drug-likeness (QED) is 0.374. The first-order valence-corrected chi connectivity index (χ1v) is 14.7. The molecule has 0 bridgehead atoms. The fourth-order valence-corrected chi connectivity index (χ4v) is 4.98. The van der Waals surface area contributed by atoms with Crippen LogP contribution in [0, 0.1) is 5.92 Å². The molecule has 2 rings (SSSR count). The van der Waals surface area contributed by atoms with Gasteiger partial charge in [0.2, 0.25) is 21.8 Å². The third kappa shape index (κ3) is 9.09. The molecule has 0 heterocycles. The Morgan fingerprint density at radius 2 is 1.70 bits per heavy atom. The van der Waals surface area contributed by atoms with Crippen LogP contribution in [0.5, 0.6) is 5.75 Å². The largest absolute Gasteiger partial charge is 0.494 e. The van der Waals surface area contributed by atoms with Crippen LogP contribution in [0.25, 0.3) is 0 Å². The van der Waals surface area contributed by atoms with Crippen molar-refractivity contribution in [1.82, 2.24) is 10.2 Å². The summed E-state index contributed by atoms with van der Waals surface area (Å²) in [4.78, 5) is 28.2. The van der Waals surface area contributed by atoms with E-state index in [0.717, 1.165) is 10.6 Å². The normalized spacial score (nSPS) is 12.2. The lowest BCUT2D eigenvalue weighted by Gasteiger charge is -2.33. The van der Waals surface area contributed by atoms with E-state index in [9.17, 15) is 18.0 Å². The molecule has 0 aliphatic heterocycles. The summed E-state index contributed by atoms with van der Waals surface area (Å²) >= 11 is 12.4. The number of nitrogens with zero attached hydrogens (tertiary/aromatic N) is 2. The van der Waals surface area contributed by atoms with Crippen molar-refractivity contribution in [3.63, 3.8) is 0 Å². The van der Waals surface area contributed by atoms with Gasteiger partial charge in [0, 0.05) is 23.1 Å². The molecule has 0 saturated heterocycles. The Morgan fingerprint density at radius 3 is 2.22 bits per heavy atom. The summed E-state index contributed by atoms with van der Waals surface area (Å²) in [6.45, 7) is 8.00. The van der Waals surface area contributed by atoms with Crippen LogP contribution in [0.4, 0.5) is 5.69 Å². The molecular formula is C26H35Cl2N3O5S. The van der Waals surface area contributed by atoms with Crippen LogP contribution in [0.2, 0.25) is 10.0 Å². The van der Waals surface area contributed by atoms with Crippen LogP contribution in [0.3, 0.4) is 0 Å².